The third-order valence-electron chi connectivity index (χ3n) is 2.13. The Labute approximate surface area is 107 Å². The zero-order valence-corrected chi connectivity index (χ0v) is 10.2. The van der Waals surface area contributed by atoms with E-state index in [9.17, 15) is 13.6 Å². The second kappa shape index (κ2) is 6.26. The quantitative estimate of drug-likeness (QED) is 0.625. The molecule has 4 nitrogen and oxygen atoms in total. The Morgan fingerprint density at radius 2 is 2.33 bits per heavy atom. The van der Waals surface area contributed by atoms with Gasteiger partial charge in [-0.2, -0.15) is 5.26 Å². The van der Waals surface area contributed by atoms with E-state index in [1.807, 2.05) is 0 Å². The molecule has 0 fully saturated rings. The molecular formula is C11H9ClF2N2O2. The van der Waals surface area contributed by atoms with Gasteiger partial charge < -0.3 is 4.74 Å². The first kappa shape index (κ1) is 14.3. The molecule has 18 heavy (non-hydrogen) atoms. The third-order valence-corrected chi connectivity index (χ3v) is 2.46. The van der Waals surface area contributed by atoms with E-state index < -0.39 is 18.0 Å². The van der Waals surface area contributed by atoms with Gasteiger partial charge in [-0.3, -0.25) is 4.79 Å². The Morgan fingerprint density at radius 3 is 2.83 bits per heavy atom. The minimum atomic E-state index is -2.86. The summed E-state index contributed by atoms with van der Waals surface area (Å²) in [5.41, 5.74) is -0.894. The molecule has 0 spiro atoms. The van der Waals surface area contributed by atoms with Crippen molar-refractivity contribution in [2.45, 2.75) is 19.8 Å². The van der Waals surface area contributed by atoms with Crippen LogP contribution in [0.4, 0.5) is 8.78 Å². The third kappa shape index (κ3) is 3.14. The van der Waals surface area contributed by atoms with E-state index in [2.05, 4.69) is 9.72 Å². The Morgan fingerprint density at radius 1 is 1.67 bits per heavy atom. The number of aromatic nitrogens is 1. The molecule has 96 valence electrons. The van der Waals surface area contributed by atoms with Gasteiger partial charge in [-0.05, 0) is 6.92 Å². The minimum Gasteiger partial charge on any atom is -0.466 e. The number of esters is 1. The van der Waals surface area contributed by atoms with Crippen LogP contribution in [0, 0.1) is 11.3 Å². The molecule has 0 aromatic carbocycles. The van der Waals surface area contributed by atoms with Crippen molar-refractivity contribution >= 4 is 17.6 Å². The number of hydrogen-bond acceptors (Lipinski definition) is 4. The van der Waals surface area contributed by atoms with E-state index >= 15 is 0 Å². The fourth-order valence-corrected chi connectivity index (χ4v) is 1.57. The molecular weight excluding hydrogens is 266 g/mol. The zero-order chi connectivity index (χ0) is 13.7. The maximum atomic E-state index is 12.7. The number of carbonyl (C=O) groups excluding carboxylic acids is 1. The first-order chi connectivity index (χ1) is 8.51. The summed E-state index contributed by atoms with van der Waals surface area (Å²) in [6.07, 6.45) is -2.38. The first-order valence-electron chi connectivity index (χ1n) is 5.02. The average molecular weight is 275 g/mol. The van der Waals surface area contributed by atoms with E-state index in [0.717, 1.165) is 6.20 Å². The van der Waals surface area contributed by atoms with Crippen molar-refractivity contribution in [2.24, 2.45) is 0 Å². The van der Waals surface area contributed by atoms with Crippen molar-refractivity contribution in [1.29, 1.82) is 5.26 Å². The number of halogens is 3. The highest BCUT2D eigenvalue weighted by Crippen LogP contribution is 2.28. The first-order valence-corrected chi connectivity index (χ1v) is 5.40. The number of nitrogens with zero attached hydrogens (tertiary/aromatic N) is 2. The van der Waals surface area contributed by atoms with Crippen LogP contribution in [0.5, 0.6) is 0 Å². The van der Waals surface area contributed by atoms with E-state index in [-0.39, 0.29) is 29.3 Å². The lowest BCUT2D eigenvalue weighted by atomic mass is 10.0. The molecule has 0 atom stereocenters. The number of pyridine rings is 1. The summed E-state index contributed by atoms with van der Waals surface area (Å²) in [5.74, 6) is -0.649. The number of hydrogen-bond donors (Lipinski definition) is 0. The summed E-state index contributed by atoms with van der Waals surface area (Å²) in [6, 6.07) is 1.62. The number of nitriles is 1. The number of ether oxygens (including phenoxy) is 1. The summed E-state index contributed by atoms with van der Waals surface area (Å²) in [5, 5.41) is 8.74. The summed E-state index contributed by atoms with van der Waals surface area (Å²) < 4.78 is 30.0. The van der Waals surface area contributed by atoms with Gasteiger partial charge in [-0.15, -0.1) is 0 Å². The highest BCUT2D eigenvalue weighted by molar-refractivity contribution is 6.30. The predicted molar refractivity (Wildman–Crippen MR) is 59.3 cm³/mol. The van der Waals surface area contributed by atoms with Crippen LogP contribution in [0.2, 0.25) is 5.15 Å². The van der Waals surface area contributed by atoms with Crippen LogP contribution >= 0.6 is 11.6 Å². The molecule has 0 bridgehead atoms. The normalized spacial score (nSPS) is 10.2. The molecule has 0 N–H and O–H groups in total. The Bertz CT molecular complexity index is 501. The molecule has 0 unspecified atom stereocenters. The lowest BCUT2D eigenvalue weighted by Gasteiger charge is -2.09. The maximum absolute atomic E-state index is 12.7. The molecule has 1 heterocycles. The predicted octanol–water partition coefficient (Wildman–Crippen LogP) is 2.65. The van der Waals surface area contributed by atoms with Crippen LogP contribution in [0.15, 0.2) is 6.20 Å². The van der Waals surface area contributed by atoms with E-state index in [1.54, 1.807) is 13.0 Å². The summed E-state index contributed by atoms with van der Waals surface area (Å²) in [7, 11) is 0. The molecule has 1 aromatic rings. The van der Waals surface area contributed by atoms with Gasteiger partial charge in [0.05, 0.1) is 24.2 Å². The minimum absolute atomic E-state index is 0.0320. The summed E-state index contributed by atoms with van der Waals surface area (Å²) >= 11 is 5.71. The Balaban J connectivity index is 3.21. The van der Waals surface area contributed by atoms with Gasteiger partial charge in [0, 0.05) is 11.8 Å². The van der Waals surface area contributed by atoms with Crippen LogP contribution in [0.3, 0.4) is 0 Å². The van der Waals surface area contributed by atoms with Gasteiger partial charge in [0.15, 0.2) is 0 Å². The maximum Gasteiger partial charge on any atom is 0.310 e. The van der Waals surface area contributed by atoms with Gasteiger partial charge >= 0.3 is 5.97 Å². The highest BCUT2D eigenvalue weighted by atomic mass is 35.5. The monoisotopic (exact) mass is 274 g/mol. The van der Waals surface area contributed by atoms with E-state index in [1.165, 1.54) is 0 Å². The number of rotatable bonds is 4. The number of alkyl halides is 2. The van der Waals surface area contributed by atoms with Gasteiger partial charge in [-0.1, -0.05) is 11.6 Å². The lowest BCUT2D eigenvalue weighted by Crippen LogP contribution is -2.11. The van der Waals surface area contributed by atoms with E-state index in [0.29, 0.717) is 0 Å². The standard InChI is InChI=1S/C11H9ClF2N2O2/c1-2-18-9(17)3-6-7(4-15)8(11(13)14)5-16-10(6)12/h5,11H,2-3H2,1H3. The second-order valence-corrected chi connectivity index (χ2v) is 3.61. The van der Waals surface area contributed by atoms with Crippen LogP contribution < -0.4 is 0 Å². The fraction of sp³-hybridized carbons (Fsp3) is 0.364. The van der Waals surface area contributed by atoms with Crippen molar-refractivity contribution in [3.8, 4) is 6.07 Å². The van der Waals surface area contributed by atoms with Gasteiger partial charge in [0.25, 0.3) is 6.43 Å². The molecule has 0 aliphatic heterocycles. The molecule has 0 saturated carbocycles. The van der Waals surface area contributed by atoms with Crippen LogP contribution in [0.25, 0.3) is 0 Å². The van der Waals surface area contributed by atoms with Gasteiger partial charge in [0.2, 0.25) is 0 Å². The molecule has 0 amide bonds. The molecule has 0 saturated heterocycles. The second-order valence-electron chi connectivity index (χ2n) is 3.25. The highest BCUT2D eigenvalue weighted by Gasteiger charge is 2.21. The Kier molecular flexibility index (Phi) is 4.98. The van der Waals surface area contributed by atoms with Crippen LogP contribution in [-0.2, 0) is 16.0 Å². The Hall–Kier alpha value is -1.74. The van der Waals surface area contributed by atoms with E-state index in [4.69, 9.17) is 16.9 Å². The van der Waals surface area contributed by atoms with Gasteiger partial charge in [0.1, 0.15) is 11.2 Å². The summed E-state index contributed by atoms with van der Waals surface area (Å²) in [4.78, 5) is 14.9. The molecule has 1 aromatic heterocycles. The largest absolute Gasteiger partial charge is 0.466 e. The van der Waals surface area contributed by atoms with Crippen molar-refractivity contribution in [1.82, 2.24) is 4.98 Å². The SMILES string of the molecule is CCOC(=O)Cc1c(Cl)ncc(C(F)F)c1C#N. The summed E-state index contributed by atoms with van der Waals surface area (Å²) in [6.45, 7) is 1.76. The van der Waals surface area contributed by atoms with Crippen molar-refractivity contribution in [2.75, 3.05) is 6.61 Å². The topological polar surface area (TPSA) is 63.0 Å². The molecule has 1 rings (SSSR count). The zero-order valence-electron chi connectivity index (χ0n) is 9.41. The van der Waals surface area contributed by atoms with Crippen LogP contribution in [-0.4, -0.2) is 17.6 Å². The molecule has 0 radical (unpaired) electrons. The molecule has 7 heteroatoms. The molecule has 0 aliphatic carbocycles. The lowest BCUT2D eigenvalue weighted by molar-refractivity contribution is -0.142. The average Bonchev–Trinajstić information content (AvgIpc) is 2.31. The van der Waals surface area contributed by atoms with Gasteiger partial charge in [-0.25, -0.2) is 13.8 Å². The molecule has 0 aliphatic rings. The van der Waals surface area contributed by atoms with Crippen molar-refractivity contribution < 1.29 is 18.3 Å². The van der Waals surface area contributed by atoms with Crippen molar-refractivity contribution in [3.05, 3.63) is 28.0 Å². The fourth-order valence-electron chi connectivity index (χ4n) is 1.36. The van der Waals surface area contributed by atoms with Crippen LogP contribution in [0.1, 0.15) is 30.0 Å². The number of carbonyl (C=O) groups is 1. The smallest absolute Gasteiger partial charge is 0.310 e. The van der Waals surface area contributed by atoms with Crippen molar-refractivity contribution in [3.63, 3.8) is 0 Å².